The fourth-order valence-electron chi connectivity index (χ4n) is 2.09. The van der Waals surface area contributed by atoms with E-state index in [2.05, 4.69) is 6.92 Å². The molecule has 0 bridgehead atoms. The molecule has 1 aliphatic heterocycles. The zero-order valence-electron chi connectivity index (χ0n) is 7.45. The minimum atomic E-state index is -0.0727. The van der Waals surface area contributed by atoms with Crippen LogP contribution < -0.4 is 0 Å². The highest BCUT2D eigenvalue weighted by atomic mass is 16.6. The summed E-state index contributed by atoms with van der Waals surface area (Å²) in [6.45, 7) is 2.10. The van der Waals surface area contributed by atoms with Gasteiger partial charge in [0, 0.05) is 0 Å². The van der Waals surface area contributed by atoms with E-state index < -0.39 is 0 Å². The summed E-state index contributed by atoms with van der Waals surface area (Å²) < 4.78 is 10.1. The highest BCUT2D eigenvalue weighted by Gasteiger charge is 2.49. The van der Waals surface area contributed by atoms with Gasteiger partial charge in [-0.3, -0.25) is 4.79 Å². The van der Waals surface area contributed by atoms with Crippen molar-refractivity contribution in [1.82, 2.24) is 0 Å². The van der Waals surface area contributed by atoms with E-state index in [1.54, 1.807) is 0 Å². The zero-order chi connectivity index (χ0) is 8.72. The van der Waals surface area contributed by atoms with Crippen LogP contribution in [0.3, 0.4) is 0 Å². The van der Waals surface area contributed by atoms with Crippen LogP contribution in [0.2, 0.25) is 0 Å². The molecule has 0 radical (unpaired) electrons. The SMILES string of the molecule is COC(=O)[C@H]1C[C@H]2O[C@H]2C[C@H]1C. The van der Waals surface area contributed by atoms with Crippen molar-refractivity contribution in [3.8, 4) is 0 Å². The van der Waals surface area contributed by atoms with Crippen molar-refractivity contribution < 1.29 is 14.3 Å². The number of hydrogen-bond acceptors (Lipinski definition) is 3. The van der Waals surface area contributed by atoms with E-state index in [1.165, 1.54) is 7.11 Å². The van der Waals surface area contributed by atoms with E-state index >= 15 is 0 Å². The molecule has 4 atom stereocenters. The first-order valence-electron chi connectivity index (χ1n) is 4.45. The van der Waals surface area contributed by atoms with Crippen molar-refractivity contribution in [1.29, 1.82) is 0 Å². The molecule has 1 saturated carbocycles. The highest BCUT2D eigenvalue weighted by molar-refractivity contribution is 5.72. The van der Waals surface area contributed by atoms with Crippen molar-refractivity contribution in [2.24, 2.45) is 11.8 Å². The Kier molecular flexibility index (Phi) is 1.83. The van der Waals surface area contributed by atoms with Crippen molar-refractivity contribution in [2.75, 3.05) is 7.11 Å². The Labute approximate surface area is 72.0 Å². The van der Waals surface area contributed by atoms with Gasteiger partial charge in [0.1, 0.15) is 0 Å². The average molecular weight is 170 g/mol. The van der Waals surface area contributed by atoms with E-state index in [9.17, 15) is 4.79 Å². The Morgan fingerprint density at radius 1 is 1.42 bits per heavy atom. The lowest BCUT2D eigenvalue weighted by Gasteiger charge is -2.23. The Hall–Kier alpha value is -0.570. The van der Waals surface area contributed by atoms with Crippen LogP contribution in [0.25, 0.3) is 0 Å². The highest BCUT2D eigenvalue weighted by Crippen LogP contribution is 2.42. The van der Waals surface area contributed by atoms with Crippen molar-refractivity contribution >= 4 is 5.97 Å². The van der Waals surface area contributed by atoms with Gasteiger partial charge in [-0.15, -0.1) is 0 Å². The summed E-state index contributed by atoms with van der Waals surface area (Å²) in [5.74, 6) is 0.413. The molecule has 3 nitrogen and oxygen atoms in total. The van der Waals surface area contributed by atoms with Gasteiger partial charge in [-0.25, -0.2) is 0 Å². The fourth-order valence-corrected chi connectivity index (χ4v) is 2.09. The van der Waals surface area contributed by atoms with Crippen molar-refractivity contribution in [3.63, 3.8) is 0 Å². The summed E-state index contributed by atoms with van der Waals surface area (Å²) in [5.41, 5.74) is 0. The summed E-state index contributed by atoms with van der Waals surface area (Å²) in [5, 5.41) is 0. The second kappa shape index (κ2) is 2.73. The monoisotopic (exact) mass is 170 g/mol. The van der Waals surface area contributed by atoms with E-state index in [0.29, 0.717) is 18.1 Å². The molecule has 1 saturated heterocycles. The lowest BCUT2D eigenvalue weighted by Crippen LogP contribution is -2.29. The Bertz CT molecular complexity index is 202. The third-order valence-corrected chi connectivity index (χ3v) is 2.97. The van der Waals surface area contributed by atoms with Crippen LogP contribution in [0.4, 0.5) is 0 Å². The molecule has 3 heteroatoms. The minimum absolute atomic E-state index is 0.0683. The van der Waals surface area contributed by atoms with Gasteiger partial charge < -0.3 is 9.47 Å². The number of epoxide rings is 1. The quantitative estimate of drug-likeness (QED) is 0.435. The van der Waals surface area contributed by atoms with Gasteiger partial charge >= 0.3 is 5.97 Å². The molecule has 0 N–H and O–H groups in total. The molecule has 0 aromatic rings. The standard InChI is InChI=1S/C9H14O3/c1-5-3-7-8(12-7)4-6(5)9(10)11-2/h5-8H,3-4H2,1-2H3/t5-,6+,7+,8-/m1/s1. The maximum atomic E-state index is 11.3. The normalized spacial score (nSPS) is 44.8. The summed E-state index contributed by atoms with van der Waals surface area (Å²) in [4.78, 5) is 11.3. The molecule has 12 heavy (non-hydrogen) atoms. The summed E-state index contributed by atoms with van der Waals surface area (Å²) >= 11 is 0. The molecule has 0 aromatic heterocycles. The van der Waals surface area contributed by atoms with E-state index in [0.717, 1.165) is 12.8 Å². The van der Waals surface area contributed by atoms with Gasteiger partial charge in [0.05, 0.1) is 25.2 Å². The Balaban J connectivity index is 1.99. The lowest BCUT2D eigenvalue weighted by atomic mass is 9.80. The van der Waals surface area contributed by atoms with Crippen molar-refractivity contribution in [2.45, 2.75) is 32.0 Å². The second-order valence-corrected chi connectivity index (χ2v) is 3.79. The minimum Gasteiger partial charge on any atom is -0.469 e. The van der Waals surface area contributed by atoms with Crippen LogP contribution in [0, 0.1) is 11.8 Å². The van der Waals surface area contributed by atoms with Gasteiger partial charge in [0.15, 0.2) is 0 Å². The number of esters is 1. The molecule has 1 heterocycles. The van der Waals surface area contributed by atoms with Crippen molar-refractivity contribution in [3.05, 3.63) is 0 Å². The van der Waals surface area contributed by atoms with Gasteiger partial charge in [0.25, 0.3) is 0 Å². The van der Waals surface area contributed by atoms with Gasteiger partial charge in [-0.1, -0.05) is 6.92 Å². The third kappa shape index (κ3) is 1.22. The van der Waals surface area contributed by atoms with E-state index in [1.807, 2.05) is 0 Å². The lowest BCUT2D eigenvalue weighted by molar-refractivity contribution is -0.148. The van der Waals surface area contributed by atoms with Gasteiger partial charge in [0.2, 0.25) is 0 Å². The fraction of sp³-hybridized carbons (Fsp3) is 0.889. The summed E-state index contributed by atoms with van der Waals surface area (Å²) in [6, 6.07) is 0. The molecular formula is C9H14O3. The largest absolute Gasteiger partial charge is 0.469 e. The molecule has 1 aliphatic carbocycles. The molecular weight excluding hydrogens is 156 g/mol. The van der Waals surface area contributed by atoms with Crippen LogP contribution in [0.1, 0.15) is 19.8 Å². The number of methoxy groups -OCH3 is 1. The number of hydrogen-bond donors (Lipinski definition) is 0. The second-order valence-electron chi connectivity index (χ2n) is 3.79. The topological polar surface area (TPSA) is 38.8 Å². The Morgan fingerprint density at radius 2 is 2.08 bits per heavy atom. The van der Waals surface area contributed by atoms with Crippen LogP contribution in [0.15, 0.2) is 0 Å². The first-order valence-corrected chi connectivity index (χ1v) is 4.45. The number of carbonyl (C=O) groups excluding carboxylic acids is 1. The molecule has 2 aliphatic rings. The van der Waals surface area contributed by atoms with Gasteiger partial charge in [-0.05, 0) is 18.8 Å². The summed E-state index contributed by atoms with van der Waals surface area (Å²) in [6.07, 6.45) is 2.68. The smallest absolute Gasteiger partial charge is 0.309 e. The van der Waals surface area contributed by atoms with Gasteiger partial charge in [-0.2, -0.15) is 0 Å². The molecule has 0 spiro atoms. The average Bonchev–Trinajstić information content (AvgIpc) is 2.79. The molecule has 2 fully saturated rings. The molecule has 0 unspecified atom stereocenters. The first kappa shape index (κ1) is 8.05. The number of carbonyl (C=O) groups is 1. The number of fused-ring (bicyclic) bond motifs is 1. The van der Waals surface area contributed by atoms with E-state index in [-0.39, 0.29) is 11.9 Å². The van der Waals surface area contributed by atoms with Crippen LogP contribution in [-0.4, -0.2) is 25.3 Å². The number of ether oxygens (including phenoxy) is 2. The summed E-state index contributed by atoms with van der Waals surface area (Å²) in [7, 11) is 1.45. The van der Waals surface area contributed by atoms with Crippen LogP contribution >= 0.6 is 0 Å². The predicted molar refractivity (Wildman–Crippen MR) is 42.6 cm³/mol. The Morgan fingerprint density at radius 3 is 2.75 bits per heavy atom. The van der Waals surface area contributed by atoms with Crippen LogP contribution in [-0.2, 0) is 14.3 Å². The maximum absolute atomic E-state index is 11.3. The number of rotatable bonds is 1. The third-order valence-electron chi connectivity index (χ3n) is 2.97. The van der Waals surface area contributed by atoms with Crippen LogP contribution in [0.5, 0.6) is 0 Å². The van der Waals surface area contributed by atoms with E-state index in [4.69, 9.17) is 9.47 Å². The molecule has 68 valence electrons. The molecule has 0 aromatic carbocycles. The zero-order valence-corrected chi connectivity index (χ0v) is 7.45. The maximum Gasteiger partial charge on any atom is 0.309 e. The molecule has 0 amide bonds. The predicted octanol–water partition coefficient (Wildman–Crippen LogP) is 0.973. The molecule has 2 rings (SSSR count). The first-order chi connectivity index (χ1) is 5.72.